The van der Waals surface area contributed by atoms with Gasteiger partial charge in [0, 0.05) is 5.69 Å². The second-order valence-electron chi connectivity index (χ2n) is 7.23. The molecule has 3 aromatic carbocycles. The average molecular weight is 500 g/mol. The summed E-state index contributed by atoms with van der Waals surface area (Å²) in [6, 6.07) is 17.5. The number of halogens is 1. The number of carbonyl (C=O) groups is 1. The molecule has 0 unspecified atom stereocenters. The Morgan fingerprint density at radius 2 is 1.76 bits per heavy atom. The van der Waals surface area contributed by atoms with Gasteiger partial charge in [-0.15, -0.1) is 0 Å². The molecule has 0 heterocycles. The van der Waals surface area contributed by atoms with Crippen molar-refractivity contribution in [1.82, 2.24) is 0 Å². The van der Waals surface area contributed by atoms with Crippen molar-refractivity contribution in [2.45, 2.75) is 11.8 Å². The lowest BCUT2D eigenvalue weighted by Gasteiger charge is -2.25. The Bertz CT molecular complexity index is 1370. The van der Waals surface area contributed by atoms with Gasteiger partial charge in [0.05, 0.1) is 36.6 Å². The molecule has 1 amide bonds. The molecule has 176 valence electrons. The van der Waals surface area contributed by atoms with Crippen LogP contribution in [0.2, 0.25) is 5.02 Å². The van der Waals surface area contributed by atoms with Gasteiger partial charge in [-0.2, -0.15) is 5.26 Å². The maximum atomic E-state index is 13.8. The van der Waals surface area contributed by atoms with E-state index >= 15 is 0 Å². The SMILES string of the molecule is COc1ccc(N(CC(=O)Nc2cccc(C#N)c2)S(=O)(=O)c2cc(C)ccc2OC)cc1Cl. The predicted octanol–water partition coefficient (Wildman–Crippen LogP) is 4.37. The Labute approximate surface area is 203 Å². The molecule has 0 aromatic heterocycles. The molecule has 8 nitrogen and oxygen atoms in total. The number of nitrogens with one attached hydrogen (secondary N) is 1. The number of hydrogen-bond donors (Lipinski definition) is 1. The summed E-state index contributed by atoms with van der Waals surface area (Å²) in [5.41, 5.74) is 1.58. The molecule has 0 bridgehead atoms. The van der Waals surface area contributed by atoms with Gasteiger partial charge in [0.15, 0.2) is 0 Å². The summed E-state index contributed by atoms with van der Waals surface area (Å²) in [4.78, 5) is 12.8. The standard InChI is InChI=1S/C24H22ClN3O5S/c1-16-7-9-22(33-3)23(11-16)34(30,31)28(19-8-10-21(32-2)20(25)13-19)15-24(29)27-18-6-4-5-17(12-18)14-26/h4-13H,15H2,1-3H3,(H,27,29). The number of amides is 1. The van der Waals surface area contributed by atoms with E-state index < -0.39 is 22.5 Å². The van der Waals surface area contributed by atoms with Crippen LogP contribution in [0.1, 0.15) is 11.1 Å². The van der Waals surface area contributed by atoms with Crippen molar-refractivity contribution in [3.8, 4) is 17.6 Å². The summed E-state index contributed by atoms with van der Waals surface area (Å²) < 4.78 is 38.9. The van der Waals surface area contributed by atoms with Gasteiger partial charge in [-0.05, 0) is 61.0 Å². The van der Waals surface area contributed by atoms with E-state index in [1.165, 1.54) is 44.6 Å². The first-order chi connectivity index (χ1) is 16.2. The number of nitrogens with zero attached hydrogens (tertiary/aromatic N) is 2. The lowest BCUT2D eigenvalue weighted by Crippen LogP contribution is -2.38. The van der Waals surface area contributed by atoms with Gasteiger partial charge in [-0.25, -0.2) is 8.42 Å². The fourth-order valence-electron chi connectivity index (χ4n) is 3.23. The Kier molecular flexibility index (Phi) is 7.66. The third-order valence-electron chi connectivity index (χ3n) is 4.87. The van der Waals surface area contributed by atoms with Crippen LogP contribution in [0.3, 0.4) is 0 Å². The maximum absolute atomic E-state index is 13.8. The van der Waals surface area contributed by atoms with Crippen molar-refractivity contribution >= 4 is 38.9 Å². The van der Waals surface area contributed by atoms with Crippen LogP contribution in [0.5, 0.6) is 11.5 Å². The minimum Gasteiger partial charge on any atom is -0.495 e. The van der Waals surface area contributed by atoms with Crippen molar-refractivity contribution in [2.75, 3.05) is 30.4 Å². The van der Waals surface area contributed by atoms with Gasteiger partial charge >= 0.3 is 0 Å². The van der Waals surface area contributed by atoms with Crippen LogP contribution in [-0.2, 0) is 14.8 Å². The zero-order chi connectivity index (χ0) is 24.9. The Hall–Kier alpha value is -3.74. The molecule has 3 rings (SSSR count). The normalized spacial score (nSPS) is 10.8. The molecule has 1 N–H and O–H groups in total. The molecule has 0 atom stereocenters. The number of hydrogen-bond acceptors (Lipinski definition) is 6. The molecule has 0 spiro atoms. The highest BCUT2D eigenvalue weighted by Gasteiger charge is 2.30. The number of anilines is 2. The van der Waals surface area contributed by atoms with E-state index in [1.807, 2.05) is 6.07 Å². The number of rotatable bonds is 8. The highest BCUT2D eigenvalue weighted by Crippen LogP contribution is 2.34. The lowest BCUT2D eigenvalue weighted by molar-refractivity contribution is -0.114. The van der Waals surface area contributed by atoms with Crippen molar-refractivity contribution in [3.63, 3.8) is 0 Å². The molecule has 0 aliphatic heterocycles. The largest absolute Gasteiger partial charge is 0.495 e. The summed E-state index contributed by atoms with van der Waals surface area (Å²) in [6.07, 6.45) is 0. The van der Waals surface area contributed by atoms with Crippen LogP contribution in [0.15, 0.2) is 65.6 Å². The smallest absolute Gasteiger partial charge is 0.268 e. The van der Waals surface area contributed by atoms with Crippen molar-refractivity contribution in [2.24, 2.45) is 0 Å². The number of benzene rings is 3. The summed E-state index contributed by atoms with van der Waals surface area (Å²) in [6.45, 7) is 1.20. The fourth-order valence-corrected chi connectivity index (χ4v) is 5.14. The van der Waals surface area contributed by atoms with E-state index in [-0.39, 0.29) is 21.4 Å². The number of ether oxygens (including phenoxy) is 2. The number of sulfonamides is 1. The molecule has 0 aliphatic carbocycles. The second kappa shape index (κ2) is 10.5. The highest BCUT2D eigenvalue weighted by molar-refractivity contribution is 7.93. The van der Waals surface area contributed by atoms with E-state index in [0.29, 0.717) is 22.6 Å². The first kappa shape index (κ1) is 24.9. The van der Waals surface area contributed by atoms with Crippen LogP contribution in [0, 0.1) is 18.3 Å². The predicted molar refractivity (Wildman–Crippen MR) is 130 cm³/mol. The molecular formula is C24H22ClN3O5S. The van der Waals surface area contributed by atoms with E-state index in [1.54, 1.807) is 37.3 Å². The third kappa shape index (κ3) is 5.42. The van der Waals surface area contributed by atoms with Crippen LogP contribution >= 0.6 is 11.6 Å². The molecule has 0 fully saturated rings. The summed E-state index contributed by atoms with van der Waals surface area (Å²) in [7, 11) is -1.45. The Morgan fingerprint density at radius 3 is 2.41 bits per heavy atom. The topological polar surface area (TPSA) is 109 Å². The molecule has 0 radical (unpaired) electrons. The van der Waals surface area contributed by atoms with Gasteiger partial charge in [0.25, 0.3) is 10.0 Å². The van der Waals surface area contributed by atoms with Crippen LogP contribution in [0.25, 0.3) is 0 Å². The number of nitriles is 1. The van der Waals surface area contributed by atoms with Crippen molar-refractivity contribution in [3.05, 3.63) is 76.8 Å². The minimum atomic E-state index is -4.26. The Morgan fingerprint density at radius 1 is 1.06 bits per heavy atom. The average Bonchev–Trinajstić information content (AvgIpc) is 2.82. The number of carbonyl (C=O) groups excluding carboxylic acids is 1. The van der Waals surface area contributed by atoms with Gasteiger partial charge in [0.1, 0.15) is 22.9 Å². The third-order valence-corrected chi connectivity index (χ3v) is 6.96. The number of methoxy groups -OCH3 is 2. The van der Waals surface area contributed by atoms with E-state index in [9.17, 15) is 13.2 Å². The van der Waals surface area contributed by atoms with Crippen molar-refractivity contribution < 1.29 is 22.7 Å². The monoisotopic (exact) mass is 499 g/mol. The highest BCUT2D eigenvalue weighted by atomic mass is 35.5. The van der Waals surface area contributed by atoms with Gasteiger partial charge in [-0.1, -0.05) is 23.7 Å². The van der Waals surface area contributed by atoms with Gasteiger partial charge < -0.3 is 14.8 Å². The van der Waals surface area contributed by atoms with Crippen molar-refractivity contribution in [1.29, 1.82) is 5.26 Å². The molecule has 0 saturated heterocycles. The molecule has 0 aliphatic rings. The summed E-state index contributed by atoms with van der Waals surface area (Å²) in [5, 5.41) is 11.9. The first-order valence-electron chi connectivity index (χ1n) is 10.0. The van der Waals surface area contributed by atoms with Crippen LogP contribution < -0.4 is 19.1 Å². The number of aryl methyl sites for hydroxylation is 1. The zero-order valence-electron chi connectivity index (χ0n) is 18.7. The van der Waals surface area contributed by atoms with Crippen LogP contribution in [0.4, 0.5) is 11.4 Å². The van der Waals surface area contributed by atoms with E-state index in [0.717, 1.165) is 4.31 Å². The maximum Gasteiger partial charge on any atom is 0.268 e. The van der Waals surface area contributed by atoms with Gasteiger partial charge in [-0.3, -0.25) is 9.10 Å². The first-order valence-corrected chi connectivity index (χ1v) is 11.8. The zero-order valence-corrected chi connectivity index (χ0v) is 20.3. The van der Waals surface area contributed by atoms with E-state index in [4.69, 9.17) is 26.3 Å². The van der Waals surface area contributed by atoms with Gasteiger partial charge in [0.2, 0.25) is 5.91 Å². The summed E-state index contributed by atoms with van der Waals surface area (Å²) in [5.74, 6) is -0.122. The second-order valence-corrected chi connectivity index (χ2v) is 9.46. The van der Waals surface area contributed by atoms with Crippen LogP contribution in [-0.4, -0.2) is 35.1 Å². The summed E-state index contributed by atoms with van der Waals surface area (Å²) >= 11 is 6.25. The minimum absolute atomic E-state index is 0.0961. The molecular weight excluding hydrogens is 478 g/mol. The fraction of sp³-hybridized carbons (Fsp3) is 0.167. The Balaban J connectivity index is 2.06. The molecule has 3 aromatic rings. The van der Waals surface area contributed by atoms with E-state index in [2.05, 4.69) is 5.32 Å². The lowest BCUT2D eigenvalue weighted by atomic mass is 10.2. The molecule has 0 saturated carbocycles. The quantitative estimate of drug-likeness (QED) is 0.493. The molecule has 34 heavy (non-hydrogen) atoms. The molecule has 10 heteroatoms.